The number of aromatic amines is 1. The van der Waals surface area contributed by atoms with Gasteiger partial charge in [-0.1, -0.05) is 30.3 Å². The molecule has 0 radical (unpaired) electrons. The third kappa shape index (κ3) is 4.23. The number of rotatable bonds is 5. The van der Waals surface area contributed by atoms with E-state index in [1.165, 1.54) is 12.1 Å². The topological polar surface area (TPSA) is 70.7 Å². The number of para-hydroxylation sites is 1. The Labute approximate surface area is 132 Å². The maximum absolute atomic E-state index is 12.9. The van der Waals surface area contributed by atoms with Crippen molar-refractivity contribution < 1.29 is 9.18 Å². The maximum Gasteiger partial charge on any atom is 0.232 e. The molecule has 2 aromatic carbocycles. The normalized spacial score (nSPS) is 10.5. The summed E-state index contributed by atoms with van der Waals surface area (Å²) in [5, 5.41) is 9.62. The van der Waals surface area contributed by atoms with Gasteiger partial charge in [0.25, 0.3) is 0 Å². The summed E-state index contributed by atoms with van der Waals surface area (Å²) in [6.45, 7) is 0. The third-order valence-electron chi connectivity index (χ3n) is 3.24. The summed E-state index contributed by atoms with van der Waals surface area (Å²) >= 11 is 0. The molecule has 3 rings (SSSR count). The summed E-state index contributed by atoms with van der Waals surface area (Å²) in [7, 11) is 0. The number of H-pyrrole nitrogens is 1. The maximum atomic E-state index is 12.9. The highest BCUT2D eigenvalue weighted by molar-refractivity contribution is 5.91. The van der Waals surface area contributed by atoms with Crippen molar-refractivity contribution in [2.75, 3.05) is 5.32 Å². The molecule has 0 aliphatic carbocycles. The summed E-state index contributed by atoms with van der Waals surface area (Å²) in [4.78, 5) is 16.2. The monoisotopic (exact) mass is 310 g/mol. The number of anilines is 1. The Hall–Kier alpha value is -3.02. The Morgan fingerprint density at radius 2 is 1.83 bits per heavy atom. The molecule has 1 amide bonds. The van der Waals surface area contributed by atoms with E-state index in [9.17, 15) is 9.18 Å². The number of carbonyl (C=O) groups is 1. The van der Waals surface area contributed by atoms with Crippen molar-refractivity contribution in [3.05, 3.63) is 77.6 Å². The van der Waals surface area contributed by atoms with Crippen LogP contribution in [-0.2, 0) is 17.6 Å². The minimum absolute atomic E-state index is 0.0921. The van der Waals surface area contributed by atoms with Crippen molar-refractivity contribution in [2.24, 2.45) is 0 Å². The van der Waals surface area contributed by atoms with Crippen LogP contribution in [0.3, 0.4) is 0 Å². The van der Waals surface area contributed by atoms with Gasteiger partial charge in [0.2, 0.25) is 5.91 Å². The van der Waals surface area contributed by atoms with Gasteiger partial charge in [0.1, 0.15) is 11.6 Å². The molecule has 0 saturated heterocycles. The van der Waals surface area contributed by atoms with Crippen LogP contribution in [0.4, 0.5) is 10.1 Å². The van der Waals surface area contributed by atoms with Gasteiger partial charge in [-0.3, -0.25) is 9.89 Å². The molecule has 5 nitrogen and oxygen atoms in total. The highest BCUT2D eigenvalue weighted by atomic mass is 19.1. The molecule has 0 saturated carbocycles. The Balaban J connectivity index is 1.58. The lowest BCUT2D eigenvalue weighted by molar-refractivity contribution is -0.115. The molecule has 6 heteroatoms. The van der Waals surface area contributed by atoms with E-state index in [0.717, 1.165) is 11.3 Å². The van der Waals surface area contributed by atoms with Crippen LogP contribution in [0.15, 0.2) is 54.6 Å². The zero-order chi connectivity index (χ0) is 16.1. The predicted molar refractivity (Wildman–Crippen MR) is 84.4 cm³/mol. The van der Waals surface area contributed by atoms with E-state index in [-0.39, 0.29) is 18.1 Å². The van der Waals surface area contributed by atoms with E-state index in [2.05, 4.69) is 20.5 Å². The number of benzene rings is 2. The predicted octanol–water partition coefficient (Wildman–Crippen LogP) is 2.72. The third-order valence-corrected chi connectivity index (χ3v) is 3.24. The second-order valence-corrected chi connectivity index (χ2v) is 5.09. The molecule has 116 valence electrons. The number of carbonyl (C=O) groups excluding carboxylic acids is 1. The molecule has 0 aliphatic heterocycles. The molecule has 1 heterocycles. The molecule has 1 aromatic heterocycles. The van der Waals surface area contributed by atoms with E-state index in [0.29, 0.717) is 18.1 Å². The Bertz CT molecular complexity index is 784. The number of hydrogen-bond acceptors (Lipinski definition) is 3. The fourth-order valence-electron chi connectivity index (χ4n) is 2.16. The minimum Gasteiger partial charge on any atom is -0.326 e. The van der Waals surface area contributed by atoms with Crippen molar-refractivity contribution in [1.29, 1.82) is 0 Å². The van der Waals surface area contributed by atoms with Crippen molar-refractivity contribution in [1.82, 2.24) is 15.2 Å². The van der Waals surface area contributed by atoms with Crippen molar-refractivity contribution in [2.45, 2.75) is 12.8 Å². The lowest BCUT2D eigenvalue weighted by Crippen LogP contribution is -2.15. The summed E-state index contributed by atoms with van der Waals surface area (Å²) in [6.07, 6.45) is 0.600. The molecule has 2 N–H and O–H groups in total. The van der Waals surface area contributed by atoms with Crippen LogP contribution in [0.5, 0.6) is 0 Å². The van der Waals surface area contributed by atoms with Gasteiger partial charge in [-0.05, 0) is 29.8 Å². The fraction of sp³-hybridized carbons (Fsp3) is 0.118. The SMILES string of the molecule is O=C(Cc1n[nH]c(Cc2ccc(F)cc2)n1)Nc1ccccc1. The highest BCUT2D eigenvalue weighted by Gasteiger charge is 2.09. The van der Waals surface area contributed by atoms with Crippen LogP contribution in [0.2, 0.25) is 0 Å². The van der Waals surface area contributed by atoms with Gasteiger partial charge < -0.3 is 5.32 Å². The van der Waals surface area contributed by atoms with E-state index in [1.54, 1.807) is 12.1 Å². The van der Waals surface area contributed by atoms with Crippen molar-refractivity contribution in [3.8, 4) is 0 Å². The fourth-order valence-corrected chi connectivity index (χ4v) is 2.16. The second-order valence-electron chi connectivity index (χ2n) is 5.09. The molecule has 23 heavy (non-hydrogen) atoms. The smallest absolute Gasteiger partial charge is 0.232 e. The van der Waals surface area contributed by atoms with Crippen molar-refractivity contribution in [3.63, 3.8) is 0 Å². The molecule has 0 spiro atoms. The number of nitrogens with one attached hydrogen (secondary N) is 2. The average molecular weight is 310 g/mol. The Morgan fingerprint density at radius 3 is 2.57 bits per heavy atom. The molecule has 0 unspecified atom stereocenters. The van der Waals surface area contributed by atoms with Crippen LogP contribution in [0.1, 0.15) is 17.2 Å². The Kier molecular flexibility index (Phi) is 4.42. The molecular weight excluding hydrogens is 295 g/mol. The zero-order valence-corrected chi connectivity index (χ0v) is 12.3. The van der Waals surface area contributed by atoms with E-state index < -0.39 is 0 Å². The highest BCUT2D eigenvalue weighted by Crippen LogP contribution is 2.08. The van der Waals surface area contributed by atoms with Gasteiger partial charge in [-0.2, -0.15) is 5.10 Å². The number of aromatic nitrogens is 3. The first-order chi connectivity index (χ1) is 11.2. The standard InChI is InChI=1S/C17H15FN4O/c18-13-8-6-12(7-9-13)10-15-20-16(22-21-15)11-17(23)19-14-4-2-1-3-5-14/h1-9H,10-11H2,(H,19,23)(H,20,21,22). The largest absolute Gasteiger partial charge is 0.326 e. The van der Waals surface area contributed by atoms with Crippen LogP contribution in [-0.4, -0.2) is 21.1 Å². The second kappa shape index (κ2) is 6.83. The van der Waals surface area contributed by atoms with Crippen LogP contribution < -0.4 is 5.32 Å². The zero-order valence-electron chi connectivity index (χ0n) is 12.3. The molecular formula is C17H15FN4O. The average Bonchev–Trinajstić information content (AvgIpc) is 2.97. The summed E-state index contributed by atoms with van der Waals surface area (Å²) in [5.74, 6) is 0.614. The quantitative estimate of drug-likeness (QED) is 0.761. The molecule has 0 bridgehead atoms. The lowest BCUT2D eigenvalue weighted by atomic mass is 10.1. The number of amides is 1. The van der Waals surface area contributed by atoms with Gasteiger partial charge in [-0.25, -0.2) is 9.37 Å². The van der Waals surface area contributed by atoms with Crippen molar-refractivity contribution >= 4 is 11.6 Å². The lowest BCUT2D eigenvalue weighted by Gasteiger charge is -2.02. The first-order valence-corrected chi connectivity index (χ1v) is 7.18. The number of halogens is 1. The number of hydrogen-bond donors (Lipinski definition) is 2. The minimum atomic E-state index is -0.274. The van der Waals surface area contributed by atoms with E-state index in [4.69, 9.17) is 0 Å². The van der Waals surface area contributed by atoms with Gasteiger partial charge in [0.05, 0.1) is 6.42 Å². The summed E-state index contributed by atoms with van der Waals surface area (Å²) in [6, 6.07) is 15.4. The van der Waals surface area contributed by atoms with E-state index >= 15 is 0 Å². The van der Waals surface area contributed by atoms with Gasteiger partial charge in [0, 0.05) is 12.1 Å². The first-order valence-electron chi connectivity index (χ1n) is 7.18. The number of nitrogens with zero attached hydrogens (tertiary/aromatic N) is 2. The van der Waals surface area contributed by atoms with Crippen LogP contribution in [0.25, 0.3) is 0 Å². The first kappa shape index (κ1) is 14.9. The van der Waals surface area contributed by atoms with Crippen LogP contribution >= 0.6 is 0 Å². The Morgan fingerprint density at radius 1 is 1.09 bits per heavy atom. The van der Waals surface area contributed by atoms with Gasteiger partial charge in [-0.15, -0.1) is 0 Å². The summed E-state index contributed by atoms with van der Waals surface area (Å²) in [5.41, 5.74) is 1.66. The molecule has 0 fully saturated rings. The van der Waals surface area contributed by atoms with Gasteiger partial charge >= 0.3 is 0 Å². The van der Waals surface area contributed by atoms with Crippen LogP contribution in [0, 0.1) is 5.82 Å². The van der Waals surface area contributed by atoms with E-state index in [1.807, 2.05) is 30.3 Å². The molecule has 0 atom stereocenters. The summed E-state index contributed by atoms with van der Waals surface area (Å²) < 4.78 is 12.9. The molecule has 3 aromatic rings. The van der Waals surface area contributed by atoms with Gasteiger partial charge in [0.15, 0.2) is 5.82 Å². The molecule has 0 aliphatic rings.